The molecule has 5 nitrogen and oxygen atoms in total. The van der Waals surface area contributed by atoms with Gasteiger partial charge in [0.05, 0.1) is 18.5 Å². The number of nitrogens with zero attached hydrogens (tertiary/aromatic N) is 1. The van der Waals surface area contributed by atoms with Crippen LogP contribution in [0.2, 0.25) is 5.02 Å². The van der Waals surface area contributed by atoms with Crippen molar-refractivity contribution in [2.75, 3.05) is 10.6 Å². The summed E-state index contributed by atoms with van der Waals surface area (Å²) >= 11 is 5.97. The third-order valence-corrected chi connectivity index (χ3v) is 4.83. The van der Waals surface area contributed by atoms with Crippen molar-refractivity contribution in [3.63, 3.8) is 0 Å². The number of halogens is 1. The van der Waals surface area contributed by atoms with Crippen LogP contribution in [0.15, 0.2) is 48.5 Å². The smallest absolute Gasteiger partial charge is 0.251 e. The molecule has 25 heavy (non-hydrogen) atoms. The second kappa shape index (κ2) is 7.89. The van der Waals surface area contributed by atoms with Gasteiger partial charge in [-0.2, -0.15) is 0 Å². The Bertz CT molecular complexity index is 849. The molecule has 134 valence electrons. The standard InChI is InChI=1S/C18H21ClN2O3S/c1-13(2)20-18(22)15-9-7-14(8-10-15)12-21(25(3,23)24)17-6-4-5-16(19)11-17/h4-11,13H,12H2,1-3H3,(H,20,22). The number of anilines is 1. The molecule has 1 amide bonds. The Hall–Kier alpha value is -2.05. The van der Waals surface area contributed by atoms with E-state index in [9.17, 15) is 13.2 Å². The van der Waals surface area contributed by atoms with Crippen LogP contribution in [0.1, 0.15) is 29.8 Å². The maximum absolute atomic E-state index is 12.2. The average molecular weight is 381 g/mol. The van der Waals surface area contributed by atoms with Crippen molar-refractivity contribution in [1.29, 1.82) is 0 Å². The monoisotopic (exact) mass is 380 g/mol. The molecule has 0 aliphatic rings. The summed E-state index contributed by atoms with van der Waals surface area (Å²) in [5.41, 5.74) is 1.80. The average Bonchev–Trinajstić information content (AvgIpc) is 2.51. The minimum absolute atomic E-state index is 0.0516. The Morgan fingerprint density at radius 3 is 2.32 bits per heavy atom. The molecule has 0 radical (unpaired) electrons. The maximum Gasteiger partial charge on any atom is 0.251 e. The van der Waals surface area contributed by atoms with Crippen LogP contribution >= 0.6 is 11.6 Å². The number of carbonyl (C=O) groups excluding carboxylic acids is 1. The lowest BCUT2D eigenvalue weighted by molar-refractivity contribution is 0.0943. The van der Waals surface area contributed by atoms with Crippen molar-refractivity contribution in [2.24, 2.45) is 0 Å². The fourth-order valence-corrected chi connectivity index (χ4v) is 3.37. The van der Waals surface area contributed by atoms with Crippen LogP contribution in [-0.4, -0.2) is 26.6 Å². The van der Waals surface area contributed by atoms with Gasteiger partial charge in [0.1, 0.15) is 0 Å². The van der Waals surface area contributed by atoms with E-state index in [0.29, 0.717) is 16.3 Å². The highest BCUT2D eigenvalue weighted by Crippen LogP contribution is 2.24. The third kappa shape index (κ3) is 5.47. The molecule has 2 rings (SSSR count). The molecule has 0 saturated heterocycles. The van der Waals surface area contributed by atoms with Gasteiger partial charge in [-0.15, -0.1) is 0 Å². The lowest BCUT2D eigenvalue weighted by atomic mass is 10.1. The van der Waals surface area contributed by atoms with Gasteiger partial charge in [0, 0.05) is 16.6 Å². The van der Waals surface area contributed by atoms with E-state index in [4.69, 9.17) is 11.6 Å². The number of hydrogen-bond acceptors (Lipinski definition) is 3. The molecular weight excluding hydrogens is 360 g/mol. The van der Waals surface area contributed by atoms with Crippen LogP contribution < -0.4 is 9.62 Å². The number of sulfonamides is 1. The van der Waals surface area contributed by atoms with Gasteiger partial charge >= 0.3 is 0 Å². The molecule has 0 spiro atoms. The molecule has 0 saturated carbocycles. The fraction of sp³-hybridized carbons (Fsp3) is 0.278. The number of benzene rings is 2. The van der Waals surface area contributed by atoms with Gasteiger partial charge in [-0.1, -0.05) is 29.8 Å². The normalized spacial score (nSPS) is 11.4. The molecule has 1 N–H and O–H groups in total. The number of nitrogens with one attached hydrogen (secondary N) is 1. The highest BCUT2D eigenvalue weighted by molar-refractivity contribution is 7.92. The Kier molecular flexibility index (Phi) is 6.08. The summed E-state index contributed by atoms with van der Waals surface area (Å²) in [5, 5.41) is 3.28. The lowest BCUT2D eigenvalue weighted by Crippen LogP contribution is -2.30. The number of rotatable bonds is 6. The second-order valence-corrected chi connectivity index (χ2v) is 8.42. The largest absolute Gasteiger partial charge is 0.350 e. The first-order valence-electron chi connectivity index (χ1n) is 7.80. The van der Waals surface area contributed by atoms with Crippen LogP contribution in [0.4, 0.5) is 5.69 Å². The minimum Gasteiger partial charge on any atom is -0.350 e. The van der Waals surface area contributed by atoms with Crippen LogP contribution in [0.3, 0.4) is 0 Å². The molecule has 0 unspecified atom stereocenters. The lowest BCUT2D eigenvalue weighted by Gasteiger charge is -2.23. The molecular formula is C18H21ClN2O3S. The Morgan fingerprint density at radius 2 is 1.80 bits per heavy atom. The molecule has 2 aromatic rings. The fourth-order valence-electron chi connectivity index (χ4n) is 2.30. The summed E-state index contributed by atoms with van der Waals surface area (Å²) in [4.78, 5) is 12.0. The van der Waals surface area contributed by atoms with Gasteiger partial charge < -0.3 is 5.32 Å². The van der Waals surface area contributed by atoms with E-state index in [1.165, 1.54) is 4.31 Å². The number of hydrogen-bond donors (Lipinski definition) is 1. The van der Waals surface area contributed by atoms with E-state index < -0.39 is 10.0 Å². The van der Waals surface area contributed by atoms with Crippen molar-refractivity contribution in [1.82, 2.24) is 5.32 Å². The third-order valence-electron chi connectivity index (χ3n) is 3.46. The van der Waals surface area contributed by atoms with E-state index in [1.54, 1.807) is 48.5 Å². The zero-order valence-electron chi connectivity index (χ0n) is 14.4. The number of carbonyl (C=O) groups is 1. The van der Waals surface area contributed by atoms with Crippen LogP contribution in [0.25, 0.3) is 0 Å². The van der Waals surface area contributed by atoms with Crippen LogP contribution in [0.5, 0.6) is 0 Å². The quantitative estimate of drug-likeness (QED) is 0.834. The zero-order valence-corrected chi connectivity index (χ0v) is 15.9. The summed E-state index contributed by atoms with van der Waals surface area (Å²) < 4.78 is 25.6. The van der Waals surface area contributed by atoms with Crippen molar-refractivity contribution in [3.05, 3.63) is 64.7 Å². The topological polar surface area (TPSA) is 66.5 Å². The van der Waals surface area contributed by atoms with Gasteiger partial charge in [0.2, 0.25) is 10.0 Å². The second-order valence-electron chi connectivity index (χ2n) is 6.07. The summed E-state index contributed by atoms with van der Waals surface area (Å²) in [6.45, 7) is 3.94. The first-order valence-corrected chi connectivity index (χ1v) is 10.0. The number of amides is 1. The van der Waals surface area contributed by atoms with Gasteiger partial charge in [-0.25, -0.2) is 8.42 Å². The molecule has 0 aromatic heterocycles. The predicted molar refractivity (Wildman–Crippen MR) is 102 cm³/mol. The summed E-state index contributed by atoms with van der Waals surface area (Å²) in [7, 11) is -3.48. The van der Waals surface area contributed by atoms with Gasteiger partial charge in [-0.05, 0) is 49.7 Å². The molecule has 2 aromatic carbocycles. The van der Waals surface area contributed by atoms with Crippen molar-refractivity contribution >= 4 is 33.2 Å². The minimum atomic E-state index is -3.48. The van der Waals surface area contributed by atoms with E-state index in [0.717, 1.165) is 11.8 Å². The molecule has 0 bridgehead atoms. The van der Waals surface area contributed by atoms with E-state index in [2.05, 4.69) is 5.32 Å². The molecule has 0 atom stereocenters. The van der Waals surface area contributed by atoms with Crippen molar-refractivity contribution in [2.45, 2.75) is 26.4 Å². The van der Waals surface area contributed by atoms with Gasteiger partial charge in [0.25, 0.3) is 5.91 Å². The Balaban J connectivity index is 2.24. The van der Waals surface area contributed by atoms with E-state index in [-0.39, 0.29) is 18.5 Å². The summed E-state index contributed by atoms with van der Waals surface area (Å²) in [5.74, 6) is -0.156. The predicted octanol–water partition coefficient (Wildman–Crippen LogP) is 3.44. The molecule has 0 fully saturated rings. The SMILES string of the molecule is CC(C)NC(=O)c1ccc(CN(c2cccc(Cl)c2)S(C)(=O)=O)cc1. The summed E-state index contributed by atoms with van der Waals surface area (Å²) in [6.07, 6.45) is 1.15. The van der Waals surface area contributed by atoms with Gasteiger partial charge in [-0.3, -0.25) is 9.10 Å². The van der Waals surface area contributed by atoms with Crippen molar-refractivity contribution < 1.29 is 13.2 Å². The molecule has 7 heteroatoms. The highest BCUT2D eigenvalue weighted by Gasteiger charge is 2.18. The highest BCUT2D eigenvalue weighted by atomic mass is 35.5. The zero-order chi connectivity index (χ0) is 18.6. The van der Waals surface area contributed by atoms with E-state index in [1.807, 2.05) is 13.8 Å². The molecule has 0 aliphatic heterocycles. The van der Waals surface area contributed by atoms with Gasteiger partial charge in [0.15, 0.2) is 0 Å². The molecule has 0 heterocycles. The summed E-state index contributed by atoms with van der Waals surface area (Å²) in [6, 6.07) is 13.6. The Labute approximate surface area is 153 Å². The Morgan fingerprint density at radius 1 is 1.16 bits per heavy atom. The van der Waals surface area contributed by atoms with Crippen LogP contribution in [0, 0.1) is 0 Å². The van der Waals surface area contributed by atoms with Crippen LogP contribution in [-0.2, 0) is 16.6 Å². The first-order chi connectivity index (χ1) is 11.7. The first kappa shape index (κ1) is 19.3. The van der Waals surface area contributed by atoms with Crippen molar-refractivity contribution in [3.8, 4) is 0 Å². The van der Waals surface area contributed by atoms with E-state index >= 15 is 0 Å². The molecule has 0 aliphatic carbocycles. The maximum atomic E-state index is 12.2.